The number of carbonyl (C=O) groups is 3. The Bertz CT molecular complexity index is 1190. The average Bonchev–Trinajstić information content (AvgIpc) is 3.25. The van der Waals surface area contributed by atoms with Gasteiger partial charge in [-0.1, -0.05) is 34.1 Å². The summed E-state index contributed by atoms with van der Waals surface area (Å²) >= 11 is 3.32. The monoisotopic (exact) mass is 557 g/mol. The van der Waals surface area contributed by atoms with Gasteiger partial charge in [0.15, 0.2) is 5.54 Å². The normalized spacial score (nSPS) is 20.5. The van der Waals surface area contributed by atoms with Crippen LogP contribution >= 0.6 is 15.9 Å². The molecule has 35 heavy (non-hydrogen) atoms. The summed E-state index contributed by atoms with van der Waals surface area (Å²) in [7, 11) is 0. The predicted octanol–water partition coefficient (Wildman–Crippen LogP) is 4.36. The van der Waals surface area contributed by atoms with E-state index in [1.807, 2.05) is 0 Å². The van der Waals surface area contributed by atoms with Crippen LogP contribution in [0.4, 0.5) is 22.4 Å². The van der Waals surface area contributed by atoms with Crippen LogP contribution in [0.1, 0.15) is 30.0 Å². The van der Waals surface area contributed by atoms with Crippen LogP contribution < -0.4 is 0 Å². The molecule has 1 saturated heterocycles. The molecule has 4 rings (SSSR count). The summed E-state index contributed by atoms with van der Waals surface area (Å²) in [6.07, 6.45) is -4.37. The number of nitrogens with zero attached hydrogens (tertiary/aromatic N) is 3. The molecule has 12 heteroatoms. The smallest absolute Gasteiger partial charge is 0.325 e. The second kappa shape index (κ2) is 8.90. The van der Waals surface area contributed by atoms with Crippen LogP contribution in [0, 0.1) is 5.82 Å². The van der Waals surface area contributed by atoms with Crippen LogP contribution in [0.5, 0.6) is 0 Å². The zero-order chi connectivity index (χ0) is 25.7. The van der Waals surface area contributed by atoms with Gasteiger partial charge < -0.3 is 4.90 Å². The molecule has 1 N–H and O–H groups in total. The fourth-order valence-corrected chi connectivity index (χ4v) is 4.92. The number of hydroxylamine groups is 2. The number of urea groups is 1. The van der Waals surface area contributed by atoms with Crippen molar-refractivity contribution >= 4 is 33.8 Å². The summed E-state index contributed by atoms with van der Waals surface area (Å²) in [5, 5.41) is 10.9. The quantitative estimate of drug-likeness (QED) is 0.336. The van der Waals surface area contributed by atoms with E-state index in [1.165, 1.54) is 12.1 Å². The molecule has 1 aliphatic carbocycles. The molecule has 0 saturated carbocycles. The molecule has 2 aliphatic rings. The maximum Gasteiger partial charge on any atom is 0.408 e. The van der Waals surface area contributed by atoms with Crippen LogP contribution in [-0.2, 0) is 28.1 Å². The van der Waals surface area contributed by atoms with Crippen molar-refractivity contribution in [2.75, 3.05) is 6.54 Å². The Morgan fingerprint density at radius 2 is 1.86 bits per heavy atom. The van der Waals surface area contributed by atoms with Crippen molar-refractivity contribution in [1.82, 2.24) is 14.9 Å². The van der Waals surface area contributed by atoms with Gasteiger partial charge in [-0.15, -0.1) is 0 Å². The Hall–Kier alpha value is -2.99. The van der Waals surface area contributed by atoms with E-state index in [2.05, 4.69) is 15.9 Å². The first-order valence-electron chi connectivity index (χ1n) is 10.6. The van der Waals surface area contributed by atoms with Crippen LogP contribution in [-0.4, -0.2) is 56.7 Å². The fraction of sp³-hybridized carbons (Fsp3) is 0.348. The number of rotatable bonds is 5. The summed E-state index contributed by atoms with van der Waals surface area (Å²) in [6.45, 7) is -0.745. The Labute approximate surface area is 206 Å². The van der Waals surface area contributed by atoms with Crippen molar-refractivity contribution < 1.29 is 37.2 Å². The molecular weight excluding hydrogens is 538 g/mol. The highest BCUT2D eigenvalue weighted by molar-refractivity contribution is 9.10. The SMILES string of the molecule is C[C@H](N(Cc1ccc(F)cc1)C(=O)CN1C(=O)N(O)[C@]2(CCc3cc(Br)ccc32)C1=O)C(F)(F)F. The second-order valence-corrected chi connectivity index (χ2v) is 9.43. The van der Waals surface area contributed by atoms with Crippen molar-refractivity contribution in [3.8, 4) is 0 Å². The van der Waals surface area contributed by atoms with Crippen molar-refractivity contribution in [3.05, 3.63) is 69.4 Å². The van der Waals surface area contributed by atoms with Crippen LogP contribution in [0.25, 0.3) is 0 Å². The van der Waals surface area contributed by atoms with E-state index in [0.29, 0.717) is 21.8 Å². The molecule has 0 radical (unpaired) electrons. The Balaban J connectivity index is 1.62. The number of benzene rings is 2. The maximum absolute atomic E-state index is 13.5. The number of halogens is 5. The summed E-state index contributed by atoms with van der Waals surface area (Å²) in [5.74, 6) is -2.64. The lowest BCUT2D eigenvalue weighted by Crippen LogP contribution is -2.51. The molecule has 2 atom stereocenters. The maximum atomic E-state index is 13.5. The van der Waals surface area contributed by atoms with Gasteiger partial charge in [-0.2, -0.15) is 18.2 Å². The number of amides is 4. The lowest BCUT2D eigenvalue weighted by molar-refractivity contribution is -0.187. The van der Waals surface area contributed by atoms with Gasteiger partial charge in [-0.3, -0.25) is 19.7 Å². The third-order valence-electron chi connectivity index (χ3n) is 6.46. The van der Waals surface area contributed by atoms with Crippen LogP contribution in [0.2, 0.25) is 0 Å². The molecule has 1 spiro atoms. The molecular formula is C23H20BrF4N3O4. The minimum absolute atomic E-state index is 0.0583. The van der Waals surface area contributed by atoms with E-state index in [4.69, 9.17) is 0 Å². The van der Waals surface area contributed by atoms with Gasteiger partial charge in [0.25, 0.3) is 5.91 Å². The number of fused-ring (bicyclic) bond motifs is 2. The number of carbonyl (C=O) groups excluding carboxylic acids is 3. The minimum atomic E-state index is -4.79. The van der Waals surface area contributed by atoms with E-state index < -0.39 is 54.5 Å². The van der Waals surface area contributed by atoms with E-state index >= 15 is 0 Å². The molecule has 7 nitrogen and oxygen atoms in total. The van der Waals surface area contributed by atoms with Gasteiger partial charge in [-0.25, -0.2) is 9.18 Å². The van der Waals surface area contributed by atoms with Crippen molar-refractivity contribution in [2.24, 2.45) is 0 Å². The molecule has 1 heterocycles. The van der Waals surface area contributed by atoms with E-state index in [1.54, 1.807) is 18.2 Å². The highest BCUT2D eigenvalue weighted by atomic mass is 79.9. The van der Waals surface area contributed by atoms with Gasteiger partial charge in [0.05, 0.1) is 0 Å². The topological polar surface area (TPSA) is 81.2 Å². The zero-order valence-corrected chi connectivity index (χ0v) is 19.9. The Morgan fingerprint density at radius 3 is 2.49 bits per heavy atom. The third-order valence-corrected chi connectivity index (χ3v) is 6.96. The Morgan fingerprint density at radius 1 is 1.20 bits per heavy atom. The number of alkyl halides is 3. The molecule has 0 bridgehead atoms. The first kappa shape index (κ1) is 25.1. The lowest BCUT2D eigenvalue weighted by Gasteiger charge is -2.32. The molecule has 0 aromatic heterocycles. The molecule has 2 aromatic rings. The largest absolute Gasteiger partial charge is 0.408 e. The first-order valence-corrected chi connectivity index (χ1v) is 11.4. The van der Waals surface area contributed by atoms with Gasteiger partial charge in [0.2, 0.25) is 5.91 Å². The summed E-state index contributed by atoms with van der Waals surface area (Å²) in [4.78, 5) is 40.2. The molecule has 186 valence electrons. The average molecular weight is 558 g/mol. The minimum Gasteiger partial charge on any atom is -0.325 e. The van der Waals surface area contributed by atoms with Crippen LogP contribution in [0.15, 0.2) is 46.9 Å². The first-order chi connectivity index (χ1) is 16.4. The summed E-state index contributed by atoms with van der Waals surface area (Å²) in [5.41, 5.74) is -0.407. The summed E-state index contributed by atoms with van der Waals surface area (Å²) in [6, 6.07) is 6.10. The molecule has 2 aromatic carbocycles. The third kappa shape index (κ3) is 4.29. The number of imide groups is 1. The lowest BCUT2D eigenvalue weighted by atomic mass is 9.91. The summed E-state index contributed by atoms with van der Waals surface area (Å²) < 4.78 is 54.6. The highest BCUT2D eigenvalue weighted by Crippen LogP contribution is 2.47. The molecule has 1 aliphatic heterocycles. The molecule has 1 fully saturated rings. The fourth-order valence-electron chi connectivity index (χ4n) is 4.51. The van der Waals surface area contributed by atoms with Gasteiger partial charge in [0, 0.05) is 11.0 Å². The number of hydrogen-bond acceptors (Lipinski definition) is 4. The highest BCUT2D eigenvalue weighted by Gasteiger charge is 2.61. The van der Waals surface area contributed by atoms with Gasteiger partial charge >= 0.3 is 12.2 Å². The standard InChI is InChI=1S/C23H20BrF4N3O4/c1-13(23(26,27)28)29(11-14-2-5-17(25)6-3-14)19(32)12-30-20(33)22(31(35)21(30)34)9-8-15-10-16(24)4-7-18(15)22/h2-7,10,13,35H,8-9,11-12H2,1H3/t13-,22-/m0/s1. The van der Waals surface area contributed by atoms with Crippen molar-refractivity contribution in [3.63, 3.8) is 0 Å². The number of aryl methyl sites for hydroxylation is 1. The predicted molar refractivity (Wildman–Crippen MR) is 117 cm³/mol. The van der Waals surface area contributed by atoms with Crippen LogP contribution in [0.3, 0.4) is 0 Å². The van der Waals surface area contributed by atoms with Gasteiger partial charge in [-0.05, 0) is 60.7 Å². The zero-order valence-electron chi connectivity index (χ0n) is 18.4. The van der Waals surface area contributed by atoms with Gasteiger partial charge in [0.1, 0.15) is 18.4 Å². The van der Waals surface area contributed by atoms with Crippen molar-refractivity contribution in [1.29, 1.82) is 0 Å². The molecule has 0 unspecified atom stereocenters. The van der Waals surface area contributed by atoms with E-state index in [-0.39, 0.29) is 17.0 Å². The van der Waals surface area contributed by atoms with Crippen molar-refractivity contribution in [2.45, 2.75) is 44.1 Å². The van der Waals surface area contributed by atoms with E-state index in [9.17, 15) is 37.2 Å². The number of hydrogen-bond donors (Lipinski definition) is 1. The molecule has 4 amide bonds. The second-order valence-electron chi connectivity index (χ2n) is 8.51. The van der Waals surface area contributed by atoms with E-state index in [0.717, 1.165) is 29.1 Å². The Kier molecular flexibility index (Phi) is 6.39.